The number of H-pyrrole nitrogens is 1. The minimum atomic E-state index is 0.358. The van der Waals surface area contributed by atoms with E-state index >= 15 is 0 Å². The minimum absolute atomic E-state index is 0.358. The Morgan fingerprint density at radius 1 is 1.50 bits per heavy atom. The molecule has 0 saturated heterocycles. The van der Waals surface area contributed by atoms with Crippen LogP contribution in [-0.2, 0) is 0 Å². The summed E-state index contributed by atoms with van der Waals surface area (Å²) in [5, 5.41) is 8.92. The molecule has 2 rings (SSSR count). The van der Waals surface area contributed by atoms with Crippen LogP contribution in [0.5, 0.6) is 5.75 Å². The molecule has 0 fully saturated rings. The van der Waals surface area contributed by atoms with Crippen LogP contribution in [0.25, 0.3) is 11.3 Å². The zero-order valence-corrected chi connectivity index (χ0v) is 10.1. The fourth-order valence-corrected chi connectivity index (χ4v) is 1.82. The van der Waals surface area contributed by atoms with Crippen molar-refractivity contribution in [2.45, 2.75) is 0 Å². The van der Waals surface area contributed by atoms with Crippen molar-refractivity contribution in [2.24, 2.45) is 0 Å². The van der Waals surface area contributed by atoms with E-state index in [0.29, 0.717) is 17.1 Å². The van der Waals surface area contributed by atoms with Crippen molar-refractivity contribution in [1.29, 1.82) is 5.26 Å². The second-order valence-corrected chi connectivity index (χ2v) is 4.00. The molecule has 0 aliphatic heterocycles. The summed E-state index contributed by atoms with van der Waals surface area (Å²) >= 11 is 3.38. The quantitative estimate of drug-likeness (QED) is 0.918. The lowest BCUT2D eigenvalue weighted by molar-refractivity contribution is 0.416. The Hall–Kier alpha value is -1.80. The first-order valence-electron chi connectivity index (χ1n) is 4.53. The third kappa shape index (κ3) is 1.79. The van der Waals surface area contributed by atoms with Gasteiger partial charge in [0, 0.05) is 10.0 Å². The molecule has 0 atom stereocenters. The highest BCUT2D eigenvalue weighted by Gasteiger charge is 2.12. The lowest BCUT2D eigenvalue weighted by Crippen LogP contribution is -1.90. The first-order chi connectivity index (χ1) is 7.76. The largest absolute Gasteiger partial charge is 0.496 e. The van der Waals surface area contributed by atoms with E-state index in [9.17, 15) is 0 Å². The van der Waals surface area contributed by atoms with Gasteiger partial charge in [0.1, 0.15) is 11.8 Å². The first-order valence-corrected chi connectivity index (χ1v) is 5.33. The van der Waals surface area contributed by atoms with Crippen LogP contribution in [0.4, 0.5) is 0 Å². The number of ether oxygens (including phenoxy) is 1. The number of nitrogens with zero attached hydrogens (tertiary/aromatic N) is 2. The maximum atomic E-state index is 8.92. The minimum Gasteiger partial charge on any atom is -0.496 e. The Labute approximate surface area is 101 Å². The van der Waals surface area contributed by atoms with E-state index in [-0.39, 0.29) is 0 Å². The molecular formula is C11H8BrN3O. The lowest BCUT2D eigenvalue weighted by Gasteiger charge is -2.07. The monoisotopic (exact) mass is 277 g/mol. The smallest absolute Gasteiger partial charge is 0.166 e. The highest BCUT2D eigenvalue weighted by atomic mass is 79.9. The molecule has 1 N–H and O–H groups in total. The zero-order valence-electron chi connectivity index (χ0n) is 8.49. The molecule has 0 amide bonds. The number of nitrogens with one attached hydrogen (secondary N) is 1. The number of nitriles is 1. The molecule has 0 spiro atoms. The number of hydrogen-bond donors (Lipinski definition) is 1. The molecule has 5 heteroatoms. The Morgan fingerprint density at radius 2 is 2.31 bits per heavy atom. The maximum absolute atomic E-state index is 8.92. The fourth-order valence-electron chi connectivity index (χ4n) is 1.46. The van der Waals surface area contributed by atoms with Gasteiger partial charge in [-0.1, -0.05) is 15.9 Å². The highest BCUT2D eigenvalue weighted by molar-refractivity contribution is 9.10. The number of hydrogen-bond acceptors (Lipinski definition) is 3. The molecule has 1 aromatic heterocycles. The number of aromatic amines is 1. The number of rotatable bonds is 2. The maximum Gasteiger partial charge on any atom is 0.166 e. The molecule has 0 radical (unpaired) electrons. The Kier molecular flexibility index (Phi) is 2.93. The zero-order chi connectivity index (χ0) is 11.5. The normalized spacial score (nSPS) is 9.81. The molecule has 0 bridgehead atoms. The van der Waals surface area contributed by atoms with Gasteiger partial charge in [-0.15, -0.1) is 0 Å². The third-order valence-electron chi connectivity index (χ3n) is 2.18. The molecule has 0 aliphatic rings. The number of aromatic nitrogens is 2. The van der Waals surface area contributed by atoms with Gasteiger partial charge in [-0.05, 0) is 18.2 Å². The van der Waals surface area contributed by atoms with Gasteiger partial charge >= 0.3 is 0 Å². The van der Waals surface area contributed by atoms with Crippen molar-refractivity contribution in [3.8, 4) is 23.1 Å². The van der Waals surface area contributed by atoms with E-state index in [1.165, 1.54) is 6.33 Å². The standard InChI is InChI=1S/C11H8BrN3O/c1-16-10-3-2-7(12)4-8(10)11-9(5-13)14-6-15-11/h2-4,6H,1H3,(H,14,15). The molecule has 0 saturated carbocycles. The number of halogens is 1. The van der Waals surface area contributed by atoms with Crippen LogP contribution in [0.2, 0.25) is 0 Å². The summed E-state index contributed by atoms with van der Waals surface area (Å²) in [7, 11) is 1.59. The summed E-state index contributed by atoms with van der Waals surface area (Å²) in [5.41, 5.74) is 1.84. The summed E-state index contributed by atoms with van der Waals surface area (Å²) in [6, 6.07) is 7.63. The van der Waals surface area contributed by atoms with Gasteiger partial charge in [-0.2, -0.15) is 5.26 Å². The van der Waals surface area contributed by atoms with Gasteiger partial charge in [0.15, 0.2) is 5.69 Å². The van der Waals surface area contributed by atoms with Gasteiger partial charge in [0.2, 0.25) is 0 Å². The molecule has 2 aromatic rings. The Balaban J connectivity index is 2.63. The van der Waals surface area contributed by atoms with Gasteiger partial charge < -0.3 is 9.72 Å². The average Bonchev–Trinajstić information content (AvgIpc) is 2.76. The second kappa shape index (κ2) is 4.37. The van der Waals surface area contributed by atoms with Gasteiger partial charge in [0.05, 0.1) is 19.1 Å². The van der Waals surface area contributed by atoms with Crippen LogP contribution in [-0.4, -0.2) is 17.1 Å². The van der Waals surface area contributed by atoms with Crippen LogP contribution in [0.1, 0.15) is 5.69 Å². The van der Waals surface area contributed by atoms with Crippen molar-refractivity contribution in [1.82, 2.24) is 9.97 Å². The summed E-state index contributed by atoms with van der Waals surface area (Å²) < 4.78 is 6.16. The Bertz CT molecular complexity index is 557. The highest BCUT2D eigenvalue weighted by Crippen LogP contribution is 2.32. The summed E-state index contributed by atoms with van der Waals surface area (Å²) in [4.78, 5) is 6.87. The summed E-state index contributed by atoms with van der Waals surface area (Å²) in [6.45, 7) is 0. The van der Waals surface area contributed by atoms with Gasteiger partial charge in [-0.3, -0.25) is 0 Å². The van der Waals surface area contributed by atoms with Crippen LogP contribution in [0, 0.1) is 11.3 Å². The van der Waals surface area contributed by atoms with Crippen molar-refractivity contribution in [2.75, 3.05) is 7.11 Å². The molecule has 1 aromatic carbocycles. The molecular weight excluding hydrogens is 270 g/mol. The molecule has 4 nitrogen and oxygen atoms in total. The molecule has 80 valence electrons. The number of benzene rings is 1. The molecule has 0 aliphatic carbocycles. The van der Waals surface area contributed by atoms with Crippen LogP contribution < -0.4 is 4.74 Å². The second-order valence-electron chi connectivity index (χ2n) is 3.08. The van der Waals surface area contributed by atoms with E-state index in [4.69, 9.17) is 10.00 Å². The molecule has 16 heavy (non-hydrogen) atoms. The van der Waals surface area contributed by atoms with E-state index < -0.39 is 0 Å². The predicted molar refractivity (Wildman–Crippen MR) is 63.0 cm³/mol. The first kappa shape index (κ1) is 10.7. The average molecular weight is 278 g/mol. The molecule has 1 heterocycles. The summed E-state index contributed by atoms with van der Waals surface area (Å²) in [5.74, 6) is 0.698. The van der Waals surface area contributed by atoms with Crippen LogP contribution in [0.15, 0.2) is 29.0 Å². The molecule has 0 unspecified atom stereocenters. The van der Waals surface area contributed by atoms with Crippen molar-refractivity contribution in [3.63, 3.8) is 0 Å². The van der Waals surface area contributed by atoms with Crippen molar-refractivity contribution < 1.29 is 4.74 Å². The lowest BCUT2D eigenvalue weighted by atomic mass is 10.1. The van der Waals surface area contributed by atoms with E-state index in [2.05, 4.69) is 25.9 Å². The topological polar surface area (TPSA) is 61.7 Å². The number of imidazole rings is 1. The SMILES string of the molecule is COc1ccc(Br)cc1-c1[nH]cnc1C#N. The van der Waals surface area contributed by atoms with E-state index in [1.807, 2.05) is 24.3 Å². The van der Waals surface area contributed by atoms with Crippen LogP contribution >= 0.6 is 15.9 Å². The Morgan fingerprint density at radius 3 is 3.00 bits per heavy atom. The predicted octanol–water partition coefficient (Wildman–Crippen LogP) is 2.72. The fraction of sp³-hybridized carbons (Fsp3) is 0.0909. The van der Waals surface area contributed by atoms with E-state index in [0.717, 1.165) is 10.0 Å². The van der Waals surface area contributed by atoms with Gasteiger partial charge in [0.25, 0.3) is 0 Å². The third-order valence-corrected chi connectivity index (χ3v) is 2.67. The van der Waals surface area contributed by atoms with Crippen molar-refractivity contribution >= 4 is 15.9 Å². The van der Waals surface area contributed by atoms with Gasteiger partial charge in [-0.25, -0.2) is 4.98 Å². The van der Waals surface area contributed by atoms with Crippen molar-refractivity contribution in [3.05, 3.63) is 34.7 Å². The summed E-state index contributed by atoms with van der Waals surface area (Å²) in [6.07, 6.45) is 1.49. The van der Waals surface area contributed by atoms with Crippen LogP contribution in [0.3, 0.4) is 0 Å². The number of methoxy groups -OCH3 is 1. The van der Waals surface area contributed by atoms with E-state index in [1.54, 1.807) is 7.11 Å².